The molecule has 120 valence electrons. The number of hydrogen-bond donors (Lipinski definition) is 0. The van der Waals surface area contributed by atoms with Gasteiger partial charge in [0.1, 0.15) is 11.6 Å². The van der Waals surface area contributed by atoms with Gasteiger partial charge in [0, 0.05) is 0 Å². The standard InChI is InChI=1S/C16H29NO3Si/c1-10-11-12(14(19)20-15(2,3)4)17(13(11)18)21(8,9)16(5,6)7/h10-12H,1H2,2-9H3/t11-,12+/m1/s1. The van der Waals surface area contributed by atoms with Gasteiger partial charge < -0.3 is 9.30 Å². The number of rotatable bonds is 3. The zero-order valence-electron chi connectivity index (χ0n) is 14.6. The first-order chi connectivity index (χ1) is 9.24. The van der Waals surface area contributed by atoms with E-state index in [2.05, 4.69) is 40.4 Å². The molecule has 1 rings (SSSR count). The number of carbonyl (C=O) groups excluding carboxylic acids is 2. The second-order valence-corrected chi connectivity index (χ2v) is 13.4. The van der Waals surface area contributed by atoms with Gasteiger partial charge in [0.05, 0.1) is 5.92 Å². The van der Waals surface area contributed by atoms with Gasteiger partial charge in [-0.3, -0.25) is 4.79 Å². The largest absolute Gasteiger partial charge is 0.458 e. The highest BCUT2D eigenvalue weighted by Gasteiger charge is 2.59. The topological polar surface area (TPSA) is 46.6 Å². The van der Waals surface area contributed by atoms with Crippen LogP contribution >= 0.6 is 0 Å². The Labute approximate surface area is 129 Å². The van der Waals surface area contributed by atoms with Crippen molar-refractivity contribution in [3.8, 4) is 0 Å². The SMILES string of the molecule is C=C[C@H]1C(=O)N([Si](C)(C)C(C)(C)C)[C@@H]1C(=O)OC(C)(C)C. The fourth-order valence-electron chi connectivity index (χ4n) is 2.34. The molecule has 0 aromatic heterocycles. The van der Waals surface area contributed by atoms with E-state index in [0.29, 0.717) is 0 Å². The molecule has 0 spiro atoms. The summed E-state index contributed by atoms with van der Waals surface area (Å²) in [7, 11) is -2.11. The molecule has 0 unspecified atom stereocenters. The first-order valence-corrected chi connectivity index (χ1v) is 10.4. The van der Waals surface area contributed by atoms with Crippen molar-refractivity contribution in [2.75, 3.05) is 0 Å². The van der Waals surface area contributed by atoms with Crippen molar-refractivity contribution in [2.45, 2.75) is 71.3 Å². The fourth-order valence-corrected chi connectivity index (χ4v) is 4.72. The van der Waals surface area contributed by atoms with Crippen molar-refractivity contribution in [1.82, 2.24) is 4.57 Å². The molecule has 1 amide bonds. The van der Waals surface area contributed by atoms with Crippen LogP contribution in [0.5, 0.6) is 0 Å². The highest BCUT2D eigenvalue weighted by atomic mass is 28.3. The van der Waals surface area contributed by atoms with Crippen LogP contribution in [0.25, 0.3) is 0 Å². The number of ether oxygens (including phenoxy) is 1. The maximum absolute atomic E-state index is 12.5. The molecule has 0 saturated carbocycles. The number of carbonyl (C=O) groups is 2. The average Bonchev–Trinajstić information content (AvgIpc) is 2.21. The summed E-state index contributed by atoms with van der Waals surface area (Å²) in [5.41, 5.74) is -0.555. The molecule has 1 heterocycles. The molecule has 0 bridgehead atoms. The van der Waals surface area contributed by atoms with Crippen LogP contribution in [0.3, 0.4) is 0 Å². The monoisotopic (exact) mass is 311 g/mol. The molecule has 1 aliphatic rings. The van der Waals surface area contributed by atoms with E-state index in [9.17, 15) is 9.59 Å². The van der Waals surface area contributed by atoms with Crippen LogP contribution in [0, 0.1) is 5.92 Å². The third-order valence-electron chi connectivity index (χ3n) is 4.48. The second kappa shape index (κ2) is 5.27. The van der Waals surface area contributed by atoms with Gasteiger partial charge in [0.2, 0.25) is 5.91 Å². The Balaban J connectivity index is 3.12. The molecule has 1 fully saturated rings. The highest BCUT2D eigenvalue weighted by molar-refractivity contribution is 6.80. The van der Waals surface area contributed by atoms with E-state index < -0.39 is 25.8 Å². The molecule has 5 heteroatoms. The van der Waals surface area contributed by atoms with Gasteiger partial charge in [-0.1, -0.05) is 39.9 Å². The van der Waals surface area contributed by atoms with Crippen molar-refractivity contribution in [3.63, 3.8) is 0 Å². The summed E-state index contributed by atoms with van der Waals surface area (Å²) in [5, 5.41) is -0.0188. The summed E-state index contributed by atoms with van der Waals surface area (Å²) in [6.45, 7) is 19.8. The molecule has 0 N–H and O–H groups in total. The zero-order chi connectivity index (χ0) is 16.8. The van der Waals surface area contributed by atoms with Gasteiger partial charge in [0.15, 0.2) is 8.24 Å². The van der Waals surface area contributed by atoms with E-state index in [1.807, 2.05) is 20.8 Å². The van der Waals surface area contributed by atoms with E-state index in [1.165, 1.54) is 0 Å². The second-order valence-electron chi connectivity index (χ2n) is 8.26. The number of β-lactam (4-membered cyclic amide) rings is 1. The minimum atomic E-state index is -2.11. The Kier molecular flexibility index (Phi) is 4.50. The summed E-state index contributed by atoms with van der Waals surface area (Å²) in [6, 6.07) is -0.518. The van der Waals surface area contributed by atoms with Crippen molar-refractivity contribution in [1.29, 1.82) is 0 Å². The van der Waals surface area contributed by atoms with E-state index in [-0.39, 0.29) is 16.9 Å². The van der Waals surface area contributed by atoms with Crippen LogP contribution in [0.15, 0.2) is 12.7 Å². The summed E-state index contributed by atoms with van der Waals surface area (Å²) < 4.78 is 7.30. The highest BCUT2D eigenvalue weighted by Crippen LogP contribution is 2.45. The van der Waals surface area contributed by atoms with E-state index in [1.54, 1.807) is 10.6 Å². The molecular weight excluding hydrogens is 282 g/mol. The van der Waals surface area contributed by atoms with Crippen LogP contribution in [0.4, 0.5) is 0 Å². The quantitative estimate of drug-likeness (QED) is 0.347. The lowest BCUT2D eigenvalue weighted by atomic mass is 9.90. The first-order valence-electron chi connectivity index (χ1n) is 7.42. The summed E-state index contributed by atoms with van der Waals surface area (Å²) in [4.78, 5) is 24.9. The lowest BCUT2D eigenvalue weighted by Gasteiger charge is -2.56. The summed E-state index contributed by atoms with van der Waals surface area (Å²) in [5.74, 6) is -0.766. The van der Waals surface area contributed by atoms with Crippen LogP contribution in [-0.4, -0.2) is 36.3 Å². The Morgan fingerprint density at radius 2 is 1.71 bits per heavy atom. The molecule has 1 saturated heterocycles. The molecule has 0 aromatic carbocycles. The third-order valence-corrected chi connectivity index (χ3v) is 9.85. The number of hydrogen-bond acceptors (Lipinski definition) is 3. The van der Waals surface area contributed by atoms with Crippen LogP contribution in [0.1, 0.15) is 41.5 Å². The zero-order valence-corrected chi connectivity index (χ0v) is 15.6. The molecule has 0 radical (unpaired) electrons. The maximum atomic E-state index is 12.5. The van der Waals surface area contributed by atoms with Crippen molar-refractivity contribution in [3.05, 3.63) is 12.7 Å². The van der Waals surface area contributed by atoms with Gasteiger partial charge in [-0.15, -0.1) is 6.58 Å². The Bertz CT molecular complexity index is 457. The minimum absolute atomic E-state index is 0.00690. The maximum Gasteiger partial charge on any atom is 0.329 e. The van der Waals surface area contributed by atoms with Gasteiger partial charge in [-0.25, -0.2) is 4.79 Å². The summed E-state index contributed by atoms with van der Waals surface area (Å²) >= 11 is 0. The van der Waals surface area contributed by atoms with Gasteiger partial charge >= 0.3 is 5.97 Å². The lowest BCUT2D eigenvalue weighted by Crippen LogP contribution is -2.74. The molecule has 2 atom stereocenters. The van der Waals surface area contributed by atoms with E-state index >= 15 is 0 Å². The molecule has 0 aliphatic carbocycles. The Morgan fingerprint density at radius 1 is 1.24 bits per heavy atom. The van der Waals surface area contributed by atoms with E-state index in [0.717, 1.165) is 0 Å². The lowest BCUT2D eigenvalue weighted by molar-refractivity contribution is -0.173. The van der Waals surface area contributed by atoms with Gasteiger partial charge in [-0.2, -0.15) is 0 Å². The Morgan fingerprint density at radius 3 is 2.05 bits per heavy atom. The molecule has 4 nitrogen and oxygen atoms in total. The van der Waals surface area contributed by atoms with Crippen LogP contribution in [0.2, 0.25) is 18.1 Å². The smallest absolute Gasteiger partial charge is 0.329 e. The predicted octanol–water partition coefficient (Wildman–Crippen LogP) is 3.35. The van der Waals surface area contributed by atoms with Crippen LogP contribution in [-0.2, 0) is 14.3 Å². The van der Waals surface area contributed by atoms with E-state index in [4.69, 9.17) is 4.74 Å². The normalized spacial score (nSPS) is 23.6. The third kappa shape index (κ3) is 3.23. The number of esters is 1. The molecule has 21 heavy (non-hydrogen) atoms. The van der Waals surface area contributed by atoms with Crippen molar-refractivity contribution in [2.24, 2.45) is 5.92 Å². The number of nitrogens with zero attached hydrogens (tertiary/aromatic N) is 1. The number of amides is 1. The molecule has 1 aliphatic heterocycles. The van der Waals surface area contributed by atoms with Crippen molar-refractivity contribution >= 4 is 20.1 Å². The van der Waals surface area contributed by atoms with Crippen molar-refractivity contribution < 1.29 is 14.3 Å². The average molecular weight is 311 g/mol. The Hall–Kier alpha value is -1.10. The van der Waals surface area contributed by atoms with Gasteiger partial charge in [-0.05, 0) is 25.8 Å². The molecule has 0 aromatic rings. The first kappa shape index (κ1) is 17.9. The van der Waals surface area contributed by atoms with Gasteiger partial charge in [0.25, 0.3) is 0 Å². The van der Waals surface area contributed by atoms with Crippen LogP contribution < -0.4 is 0 Å². The predicted molar refractivity (Wildman–Crippen MR) is 87.4 cm³/mol. The molecular formula is C16H29NO3Si. The fraction of sp³-hybridized carbons (Fsp3) is 0.750. The minimum Gasteiger partial charge on any atom is -0.458 e. The summed E-state index contributed by atoms with van der Waals surface area (Å²) in [6.07, 6.45) is 1.57.